The molecule has 0 saturated carbocycles. The average Bonchev–Trinajstić information content (AvgIpc) is 2.59. The molecule has 1 aromatic heterocycles. The van der Waals surface area contributed by atoms with Gasteiger partial charge in [0.15, 0.2) is 0 Å². The quantitative estimate of drug-likeness (QED) is 0.919. The first-order chi connectivity index (χ1) is 7.61. The molecule has 84 valence electrons. The van der Waals surface area contributed by atoms with Gasteiger partial charge in [-0.15, -0.1) is 0 Å². The summed E-state index contributed by atoms with van der Waals surface area (Å²) < 4.78 is 2.61. The van der Waals surface area contributed by atoms with E-state index in [0.29, 0.717) is 5.69 Å². The Bertz CT molecular complexity index is 520. The lowest BCUT2D eigenvalue weighted by Gasteiger charge is -2.06. The number of aliphatic hydroxyl groups excluding tert-OH is 1. The molecule has 0 fully saturated rings. The van der Waals surface area contributed by atoms with Gasteiger partial charge in [0.1, 0.15) is 5.69 Å². The molecule has 0 aliphatic rings. The largest absolute Gasteiger partial charge is 0.390 e. The Morgan fingerprint density at radius 1 is 1.38 bits per heavy atom. The molecule has 1 heterocycles. The minimum absolute atomic E-state index is 0.0571. The summed E-state index contributed by atoms with van der Waals surface area (Å²) in [4.78, 5) is 0. The fraction of sp³-hybridized carbons (Fsp3) is 0.250. The molecular weight excluding hydrogens is 268 g/mol. The van der Waals surface area contributed by atoms with E-state index in [1.165, 1.54) is 11.1 Å². The van der Waals surface area contributed by atoms with Gasteiger partial charge in [-0.2, -0.15) is 5.10 Å². The van der Waals surface area contributed by atoms with Crippen molar-refractivity contribution in [3.63, 3.8) is 0 Å². The summed E-state index contributed by atoms with van der Waals surface area (Å²) in [5, 5.41) is 13.4. The van der Waals surface area contributed by atoms with Gasteiger partial charge in [-0.05, 0) is 41.4 Å². The van der Waals surface area contributed by atoms with Crippen molar-refractivity contribution in [2.45, 2.75) is 20.5 Å². The molecule has 0 amide bonds. The Morgan fingerprint density at radius 3 is 2.69 bits per heavy atom. The van der Waals surface area contributed by atoms with Gasteiger partial charge in [-0.3, -0.25) is 0 Å². The third-order valence-electron chi connectivity index (χ3n) is 2.49. The number of hydrogen-bond donors (Lipinski definition) is 1. The second-order valence-corrected chi connectivity index (χ2v) is 4.67. The number of hydrogen-bond acceptors (Lipinski definition) is 2. The van der Waals surface area contributed by atoms with Gasteiger partial charge < -0.3 is 5.11 Å². The van der Waals surface area contributed by atoms with Crippen molar-refractivity contribution in [3.05, 3.63) is 45.7 Å². The van der Waals surface area contributed by atoms with Gasteiger partial charge in [-0.25, -0.2) is 4.68 Å². The Morgan fingerprint density at radius 2 is 2.12 bits per heavy atom. The van der Waals surface area contributed by atoms with Crippen LogP contribution in [0.5, 0.6) is 0 Å². The van der Waals surface area contributed by atoms with Crippen LogP contribution >= 0.6 is 15.9 Å². The molecule has 3 nitrogen and oxygen atoms in total. The molecule has 0 spiro atoms. The molecule has 2 rings (SSSR count). The third-order valence-corrected chi connectivity index (χ3v) is 3.15. The summed E-state index contributed by atoms with van der Waals surface area (Å²) in [6.07, 6.45) is 1.86. The predicted molar refractivity (Wildman–Crippen MR) is 66.7 cm³/mol. The van der Waals surface area contributed by atoms with Gasteiger partial charge in [0, 0.05) is 6.20 Å². The van der Waals surface area contributed by atoms with E-state index in [1.54, 1.807) is 4.68 Å². The molecule has 0 unspecified atom stereocenters. The highest BCUT2D eigenvalue weighted by molar-refractivity contribution is 9.10. The number of benzene rings is 1. The molecule has 1 aromatic carbocycles. The van der Waals surface area contributed by atoms with Crippen molar-refractivity contribution in [2.24, 2.45) is 0 Å². The molecule has 0 aliphatic heterocycles. The lowest BCUT2D eigenvalue weighted by atomic mass is 10.1. The van der Waals surface area contributed by atoms with E-state index >= 15 is 0 Å². The van der Waals surface area contributed by atoms with Crippen LogP contribution in [0.15, 0.2) is 28.9 Å². The number of rotatable bonds is 2. The number of halogens is 1. The first kappa shape index (κ1) is 11.4. The monoisotopic (exact) mass is 280 g/mol. The summed E-state index contributed by atoms with van der Waals surface area (Å²) in [7, 11) is 0. The molecule has 2 aromatic rings. The number of aryl methyl sites for hydroxylation is 2. The van der Waals surface area contributed by atoms with Crippen molar-refractivity contribution in [2.75, 3.05) is 0 Å². The van der Waals surface area contributed by atoms with Crippen LogP contribution in [0.4, 0.5) is 0 Å². The fourth-order valence-corrected chi connectivity index (χ4v) is 2.08. The molecule has 0 saturated heterocycles. The Kier molecular flexibility index (Phi) is 3.12. The molecular formula is C12H13BrN2O. The van der Waals surface area contributed by atoms with E-state index in [-0.39, 0.29) is 6.61 Å². The first-order valence-corrected chi connectivity index (χ1v) is 5.83. The van der Waals surface area contributed by atoms with E-state index in [9.17, 15) is 0 Å². The summed E-state index contributed by atoms with van der Waals surface area (Å²) in [6, 6.07) is 6.20. The SMILES string of the molecule is Cc1ccc(-n2cc(Br)c(CO)n2)c(C)c1. The zero-order valence-electron chi connectivity index (χ0n) is 9.24. The van der Waals surface area contributed by atoms with E-state index in [4.69, 9.17) is 5.11 Å². The first-order valence-electron chi connectivity index (χ1n) is 5.04. The van der Waals surface area contributed by atoms with E-state index in [2.05, 4.69) is 47.0 Å². The van der Waals surface area contributed by atoms with Crippen LogP contribution in [0.1, 0.15) is 16.8 Å². The molecule has 0 bridgehead atoms. The third kappa shape index (κ3) is 2.03. The topological polar surface area (TPSA) is 38.0 Å². The maximum Gasteiger partial charge on any atom is 0.102 e. The Labute approximate surface area is 103 Å². The van der Waals surface area contributed by atoms with Crippen molar-refractivity contribution in [1.82, 2.24) is 9.78 Å². The number of aromatic nitrogens is 2. The smallest absolute Gasteiger partial charge is 0.102 e. The van der Waals surface area contributed by atoms with Crippen molar-refractivity contribution in [3.8, 4) is 5.69 Å². The van der Waals surface area contributed by atoms with Crippen molar-refractivity contribution in [1.29, 1.82) is 0 Å². The van der Waals surface area contributed by atoms with Gasteiger partial charge in [0.25, 0.3) is 0 Å². The van der Waals surface area contributed by atoms with Crippen LogP contribution in [0.2, 0.25) is 0 Å². The highest BCUT2D eigenvalue weighted by Crippen LogP contribution is 2.20. The molecule has 4 heteroatoms. The Hall–Kier alpha value is -1.13. The number of aliphatic hydroxyl groups is 1. The average molecular weight is 281 g/mol. The van der Waals surface area contributed by atoms with Crippen LogP contribution < -0.4 is 0 Å². The summed E-state index contributed by atoms with van der Waals surface area (Å²) in [6.45, 7) is 4.06. The van der Waals surface area contributed by atoms with Crippen molar-refractivity contribution < 1.29 is 5.11 Å². The molecule has 0 radical (unpaired) electrons. The molecule has 0 aliphatic carbocycles. The maximum absolute atomic E-state index is 9.09. The highest BCUT2D eigenvalue weighted by atomic mass is 79.9. The fourth-order valence-electron chi connectivity index (χ4n) is 1.68. The van der Waals surface area contributed by atoms with Gasteiger partial charge in [0.05, 0.1) is 16.8 Å². The van der Waals surface area contributed by atoms with Gasteiger partial charge >= 0.3 is 0 Å². The van der Waals surface area contributed by atoms with Crippen LogP contribution in [-0.2, 0) is 6.61 Å². The molecule has 16 heavy (non-hydrogen) atoms. The lowest BCUT2D eigenvalue weighted by Crippen LogP contribution is -1.99. The van der Waals surface area contributed by atoms with Crippen molar-refractivity contribution >= 4 is 15.9 Å². The Balaban J connectivity index is 2.50. The van der Waals surface area contributed by atoms with Gasteiger partial charge in [-0.1, -0.05) is 17.7 Å². The second-order valence-electron chi connectivity index (χ2n) is 3.82. The summed E-state index contributed by atoms with van der Waals surface area (Å²) in [5.41, 5.74) is 4.08. The van der Waals surface area contributed by atoms with E-state index < -0.39 is 0 Å². The zero-order valence-corrected chi connectivity index (χ0v) is 10.8. The highest BCUT2D eigenvalue weighted by Gasteiger charge is 2.08. The van der Waals surface area contributed by atoms with E-state index in [0.717, 1.165) is 10.2 Å². The molecule has 0 atom stereocenters. The zero-order chi connectivity index (χ0) is 11.7. The van der Waals surface area contributed by atoms with Crippen LogP contribution in [0.3, 0.4) is 0 Å². The maximum atomic E-state index is 9.09. The summed E-state index contributed by atoms with van der Waals surface area (Å²) >= 11 is 3.37. The number of nitrogens with zero attached hydrogens (tertiary/aromatic N) is 2. The molecule has 1 N–H and O–H groups in total. The minimum atomic E-state index is -0.0571. The van der Waals surface area contributed by atoms with Crippen LogP contribution in [-0.4, -0.2) is 14.9 Å². The minimum Gasteiger partial charge on any atom is -0.390 e. The normalized spacial score (nSPS) is 10.8. The predicted octanol–water partition coefficient (Wildman–Crippen LogP) is 2.74. The van der Waals surface area contributed by atoms with E-state index in [1.807, 2.05) is 12.3 Å². The summed E-state index contributed by atoms with van der Waals surface area (Å²) in [5.74, 6) is 0. The second kappa shape index (κ2) is 4.39. The van der Waals surface area contributed by atoms with Crippen LogP contribution in [0.25, 0.3) is 5.69 Å². The standard InChI is InChI=1S/C12H13BrN2O/c1-8-3-4-12(9(2)5-8)15-6-10(13)11(7-16)14-15/h3-6,16H,7H2,1-2H3. The van der Waals surface area contributed by atoms with Gasteiger partial charge in [0.2, 0.25) is 0 Å². The lowest BCUT2D eigenvalue weighted by molar-refractivity contribution is 0.275. The van der Waals surface area contributed by atoms with Crippen LogP contribution in [0, 0.1) is 13.8 Å².